The van der Waals surface area contributed by atoms with Crippen LogP contribution in [0.25, 0.3) is 0 Å². The van der Waals surface area contributed by atoms with Crippen LogP contribution in [0.5, 0.6) is 0 Å². The number of carbonyl (C=O) groups is 3. The molecule has 3 amide bonds. The van der Waals surface area contributed by atoms with Crippen molar-refractivity contribution in [3.05, 3.63) is 125 Å². The molecule has 5 rings (SSSR count). The van der Waals surface area contributed by atoms with Crippen molar-refractivity contribution in [1.82, 2.24) is 10.4 Å². The van der Waals surface area contributed by atoms with Crippen molar-refractivity contribution in [3.8, 4) is 0 Å². The molecule has 1 heterocycles. The van der Waals surface area contributed by atoms with Gasteiger partial charge in [-0.2, -0.15) is 5.01 Å². The van der Waals surface area contributed by atoms with Crippen LogP contribution in [0.1, 0.15) is 15.9 Å². The van der Waals surface area contributed by atoms with E-state index in [4.69, 9.17) is 23.8 Å². The minimum atomic E-state index is -1.14. The fraction of sp³-hybridized carbons (Fsp3) is 0.0645. The standard InChI is InChI=1S/C31H24ClN5O3S/c32-27-14-8-7-9-22(27)19-33-24-17-15-21(16-18-24)28(38)35-37-30(40)26(20-34-23-10-3-1-4-11-23)29(39)36(31(37)41)25-12-5-2-6-13-25/h1-19,26,34H,20H2,(H,35,38). The number of aliphatic imine (C=N–C) groups is 1. The molecule has 0 aliphatic carbocycles. The van der Waals surface area contributed by atoms with Crippen LogP contribution in [-0.2, 0) is 9.59 Å². The molecule has 0 aromatic heterocycles. The minimum absolute atomic E-state index is 0.0120. The SMILES string of the molecule is O=C(NN1C(=O)C(CNc2ccccc2)C(=O)N(c2ccccc2)C1=S)c1ccc(N=Cc2ccccc2Cl)cc1. The maximum Gasteiger partial charge on any atom is 0.270 e. The molecule has 0 bridgehead atoms. The van der Waals surface area contributed by atoms with Crippen molar-refractivity contribution in [2.24, 2.45) is 10.9 Å². The van der Waals surface area contributed by atoms with E-state index >= 15 is 0 Å². The molecule has 1 atom stereocenters. The summed E-state index contributed by atoms with van der Waals surface area (Å²) in [5.41, 5.74) is 5.48. The zero-order chi connectivity index (χ0) is 28.8. The van der Waals surface area contributed by atoms with E-state index in [1.54, 1.807) is 60.8 Å². The number of halogens is 1. The molecule has 1 fully saturated rings. The monoisotopic (exact) mass is 581 g/mol. The van der Waals surface area contributed by atoms with Crippen molar-refractivity contribution >= 4 is 69.9 Å². The van der Waals surface area contributed by atoms with Crippen molar-refractivity contribution in [2.45, 2.75) is 0 Å². The summed E-state index contributed by atoms with van der Waals surface area (Å²) >= 11 is 11.7. The summed E-state index contributed by atoms with van der Waals surface area (Å²) in [6.07, 6.45) is 1.64. The first kappa shape index (κ1) is 27.7. The van der Waals surface area contributed by atoms with Crippen molar-refractivity contribution < 1.29 is 14.4 Å². The van der Waals surface area contributed by atoms with Crippen LogP contribution in [0.4, 0.5) is 17.1 Å². The highest BCUT2D eigenvalue weighted by Crippen LogP contribution is 2.25. The highest BCUT2D eigenvalue weighted by Gasteiger charge is 2.45. The van der Waals surface area contributed by atoms with Crippen LogP contribution >= 0.6 is 23.8 Å². The van der Waals surface area contributed by atoms with Crippen LogP contribution in [0, 0.1) is 5.92 Å². The summed E-state index contributed by atoms with van der Waals surface area (Å²) in [5.74, 6) is -2.82. The van der Waals surface area contributed by atoms with Crippen LogP contribution in [-0.4, -0.2) is 40.6 Å². The van der Waals surface area contributed by atoms with E-state index in [0.717, 1.165) is 16.3 Å². The molecule has 41 heavy (non-hydrogen) atoms. The Labute approximate surface area is 247 Å². The first-order valence-electron chi connectivity index (χ1n) is 12.7. The molecule has 8 nitrogen and oxygen atoms in total. The number of anilines is 2. The van der Waals surface area contributed by atoms with Gasteiger partial charge in [0.15, 0.2) is 0 Å². The van der Waals surface area contributed by atoms with Crippen LogP contribution in [0.3, 0.4) is 0 Å². The second-order valence-corrected chi connectivity index (χ2v) is 9.80. The molecule has 204 valence electrons. The largest absolute Gasteiger partial charge is 0.384 e. The van der Waals surface area contributed by atoms with E-state index in [1.807, 2.05) is 54.6 Å². The fourth-order valence-corrected chi connectivity index (χ4v) is 4.68. The van der Waals surface area contributed by atoms with Gasteiger partial charge in [-0.1, -0.05) is 66.2 Å². The fourth-order valence-electron chi connectivity index (χ4n) is 4.16. The topological polar surface area (TPSA) is 94.1 Å². The third-order valence-corrected chi connectivity index (χ3v) is 7.03. The van der Waals surface area contributed by atoms with E-state index in [-0.39, 0.29) is 17.2 Å². The molecular weight excluding hydrogens is 558 g/mol. The molecule has 1 aliphatic heterocycles. The number of amides is 3. The van der Waals surface area contributed by atoms with Gasteiger partial charge in [0.1, 0.15) is 5.92 Å². The number of benzene rings is 4. The highest BCUT2D eigenvalue weighted by molar-refractivity contribution is 7.80. The molecule has 0 radical (unpaired) electrons. The summed E-state index contributed by atoms with van der Waals surface area (Å²) in [5, 5.41) is 4.53. The van der Waals surface area contributed by atoms with Crippen LogP contribution in [0.2, 0.25) is 5.02 Å². The Morgan fingerprint density at radius 2 is 1.49 bits per heavy atom. The molecule has 0 spiro atoms. The molecule has 1 saturated heterocycles. The number of carbonyl (C=O) groups excluding carboxylic acids is 3. The number of nitrogens with one attached hydrogen (secondary N) is 2. The number of hydrazine groups is 1. The Morgan fingerprint density at radius 1 is 0.854 bits per heavy atom. The third kappa shape index (κ3) is 6.32. The van der Waals surface area contributed by atoms with Gasteiger partial charge in [-0.05, 0) is 66.8 Å². The van der Waals surface area contributed by atoms with Gasteiger partial charge in [-0.25, -0.2) is 0 Å². The Morgan fingerprint density at radius 3 is 2.17 bits per heavy atom. The van der Waals surface area contributed by atoms with Crippen molar-refractivity contribution in [2.75, 3.05) is 16.8 Å². The Bertz CT molecular complexity index is 1610. The summed E-state index contributed by atoms with van der Waals surface area (Å²) in [4.78, 5) is 45.9. The summed E-state index contributed by atoms with van der Waals surface area (Å²) in [7, 11) is 0. The van der Waals surface area contributed by atoms with Gasteiger partial charge in [0.2, 0.25) is 11.0 Å². The molecule has 4 aromatic rings. The molecule has 1 unspecified atom stereocenters. The third-order valence-electron chi connectivity index (χ3n) is 6.32. The van der Waals surface area contributed by atoms with Gasteiger partial charge in [-0.3, -0.25) is 29.7 Å². The van der Waals surface area contributed by atoms with Gasteiger partial charge < -0.3 is 5.32 Å². The van der Waals surface area contributed by atoms with Gasteiger partial charge >= 0.3 is 0 Å². The predicted octanol–water partition coefficient (Wildman–Crippen LogP) is 5.62. The average molecular weight is 582 g/mol. The Balaban J connectivity index is 1.35. The van der Waals surface area contributed by atoms with Crippen LogP contribution < -0.4 is 15.6 Å². The second-order valence-electron chi connectivity index (χ2n) is 9.03. The number of thiocarbonyl (C=S) groups is 1. The number of nitrogens with zero attached hydrogens (tertiary/aromatic N) is 3. The van der Waals surface area contributed by atoms with Gasteiger partial charge in [0.05, 0.1) is 11.4 Å². The smallest absolute Gasteiger partial charge is 0.270 e. The molecule has 10 heteroatoms. The van der Waals surface area contributed by atoms with E-state index in [9.17, 15) is 14.4 Å². The number of rotatable bonds is 8. The van der Waals surface area contributed by atoms with Gasteiger partial charge in [-0.15, -0.1) is 0 Å². The Kier molecular flexibility index (Phi) is 8.47. The summed E-state index contributed by atoms with van der Waals surface area (Å²) in [6.45, 7) is 0.0120. The maximum absolute atomic E-state index is 13.5. The van der Waals surface area contributed by atoms with Crippen molar-refractivity contribution in [1.29, 1.82) is 0 Å². The zero-order valence-electron chi connectivity index (χ0n) is 21.6. The molecule has 0 saturated carbocycles. The van der Waals surface area contributed by atoms with Gasteiger partial charge in [0, 0.05) is 34.6 Å². The summed E-state index contributed by atoms with van der Waals surface area (Å²) < 4.78 is 0. The van der Waals surface area contributed by atoms with Gasteiger partial charge in [0.25, 0.3) is 11.8 Å². The lowest BCUT2D eigenvalue weighted by Gasteiger charge is -2.39. The normalized spacial score (nSPS) is 15.3. The highest BCUT2D eigenvalue weighted by atomic mass is 35.5. The predicted molar refractivity (Wildman–Crippen MR) is 164 cm³/mol. The molecular formula is C31H24ClN5O3S. The first-order valence-corrected chi connectivity index (χ1v) is 13.5. The van der Waals surface area contributed by atoms with Crippen molar-refractivity contribution in [3.63, 3.8) is 0 Å². The van der Waals surface area contributed by atoms with E-state index in [1.165, 1.54) is 4.90 Å². The lowest BCUT2D eigenvalue weighted by molar-refractivity contribution is -0.140. The number of hydrogen-bond donors (Lipinski definition) is 2. The van der Waals surface area contributed by atoms with E-state index < -0.39 is 23.6 Å². The average Bonchev–Trinajstić information content (AvgIpc) is 3.00. The summed E-state index contributed by atoms with van der Waals surface area (Å²) in [6, 6.07) is 31.8. The second kappa shape index (κ2) is 12.5. The quantitative estimate of drug-likeness (QED) is 0.160. The lowest BCUT2D eigenvalue weighted by Crippen LogP contribution is -2.65. The Hall–Kier alpha value is -4.86. The lowest BCUT2D eigenvalue weighted by atomic mass is 10.0. The molecule has 2 N–H and O–H groups in total. The molecule has 4 aromatic carbocycles. The number of hydrogen-bond acceptors (Lipinski definition) is 6. The zero-order valence-corrected chi connectivity index (χ0v) is 23.2. The molecule has 1 aliphatic rings. The first-order chi connectivity index (χ1) is 19.9. The maximum atomic E-state index is 13.5. The van der Waals surface area contributed by atoms with Crippen LogP contribution in [0.15, 0.2) is 114 Å². The van der Waals surface area contributed by atoms with E-state index in [2.05, 4.69) is 15.7 Å². The van der Waals surface area contributed by atoms with E-state index in [0.29, 0.717) is 16.4 Å². The minimum Gasteiger partial charge on any atom is -0.384 e. The number of para-hydroxylation sites is 2.